The number of hydrogen-bond acceptors (Lipinski definition) is 4. The maximum Gasteiger partial charge on any atom is 0.254 e. The maximum atomic E-state index is 4.82. The quantitative estimate of drug-likeness (QED) is 0.537. The van der Waals surface area contributed by atoms with Crippen molar-refractivity contribution in [3.8, 4) is 0 Å². The molecule has 4 aromatic rings. The monoisotopic (exact) mass is 383 g/mol. The Bertz CT molecular complexity index is 1160. The Morgan fingerprint density at radius 1 is 0.931 bits per heavy atom. The summed E-state index contributed by atoms with van der Waals surface area (Å²) in [6.07, 6.45) is 4.92. The van der Waals surface area contributed by atoms with Crippen molar-refractivity contribution in [2.24, 2.45) is 0 Å². The lowest BCUT2D eigenvalue weighted by atomic mass is 10.1. The molecule has 0 radical (unpaired) electrons. The minimum Gasteiger partial charge on any atom is -0.340 e. The normalized spacial score (nSPS) is 13.0. The fourth-order valence-electron chi connectivity index (χ4n) is 3.97. The molecule has 0 atom stereocenters. The maximum absolute atomic E-state index is 4.82. The summed E-state index contributed by atoms with van der Waals surface area (Å²) in [4.78, 5) is 9.55. The lowest BCUT2D eigenvalue weighted by Gasteiger charge is -2.12. The van der Waals surface area contributed by atoms with E-state index in [1.807, 2.05) is 4.52 Å². The fourth-order valence-corrected chi connectivity index (χ4v) is 3.97. The van der Waals surface area contributed by atoms with E-state index >= 15 is 0 Å². The number of anilines is 2. The summed E-state index contributed by atoms with van der Waals surface area (Å²) < 4.78 is 1.89. The minimum atomic E-state index is 0.681. The zero-order chi connectivity index (χ0) is 19.8. The number of hydrogen-bond donors (Lipinski definition) is 1. The Morgan fingerprint density at radius 2 is 1.69 bits per heavy atom. The van der Waals surface area contributed by atoms with Crippen LogP contribution in [0, 0.1) is 6.92 Å². The fraction of sp³-hybridized carbons (Fsp3) is 0.292. The predicted octanol–water partition coefficient (Wildman–Crippen LogP) is 4.82. The van der Waals surface area contributed by atoms with Gasteiger partial charge in [0.1, 0.15) is 5.82 Å². The van der Waals surface area contributed by atoms with Gasteiger partial charge in [-0.3, -0.25) is 0 Å². The van der Waals surface area contributed by atoms with Crippen LogP contribution in [0.25, 0.3) is 5.78 Å². The SMILES string of the molecule is CCc1ccc(Nc2c3c(nc4nc(Cc5ccc(C)cc5)nn24)CCC3)cc1. The number of benzene rings is 2. The van der Waals surface area contributed by atoms with Gasteiger partial charge in [-0.25, -0.2) is 4.98 Å². The Balaban J connectivity index is 1.54. The van der Waals surface area contributed by atoms with Crippen molar-refractivity contribution < 1.29 is 0 Å². The highest BCUT2D eigenvalue weighted by Gasteiger charge is 2.22. The zero-order valence-corrected chi connectivity index (χ0v) is 16.9. The van der Waals surface area contributed by atoms with Crippen molar-refractivity contribution >= 4 is 17.3 Å². The van der Waals surface area contributed by atoms with Crippen molar-refractivity contribution in [3.63, 3.8) is 0 Å². The summed E-state index contributed by atoms with van der Waals surface area (Å²) in [6, 6.07) is 17.2. The molecule has 0 bridgehead atoms. The Hall–Kier alpha value is -3.21. The van der Waals surface area contributed by atoms with Crippen LogP contribution in [0.1, 0.15) is 47.1 Å². The summed E-state index contributed by atoms with van der Waals surface area (Å²) in [5.41, 5.74) is 7.29. The van der Waals surface area contributed by atoms with Crippen LogP contribution < -0.4 is 5.32 Å². The second-order valence-electron chi connectivity index (χ2n) is 7.82. The Morgan fingerprint density at radius 3 is 2.45 bits per heavy atom. The van der Waals surface area contributed by atoms with Crippen molar-refractivity contribution in [2.75, 3.05) is 5.32 Å². The number of aryl methyl sites for hydroxylation is 3. The number of nitrogens with zero attached hydrogens (tertiary/aromatic N) is 4. The summed E-state index contributed by atoms with van der Waals surface area (Å²) in [6.45, 7) is 4.27. The van der Waals surface area contributed by atoms with Crippen LogP contribution in [0.15, 0.2) is 48.5 Å². The highest BCUT2D eigenvalue weighted by Crippen LogP contribution is 2.30. The summed E-state index contributed by atoms with van der Waals surface area (Å²) in [5.74, 6) is 2.49. The second kappa shape index (κ2) is 7.32. The molecule has 2 aromatic heterocycles. The van der Waals surface area contributed by atoms with Gasteiger partial charge >= 0.3 is 0 Å². The molecule has 1 aliphatic carbocycles. The van der Waals surface area contributed by atoms with E-state index < -0.39 is 0 Å². The van der Waals surface area contributed by atoms with Gasteiger partial charge in [0.2, 0.25) is 0 Å². The van der Waals surface area contributed by atoms with Crippen molar-refractivity contribution in [3.05, 3.63) is 82.3 Å². The first-order valence-corrected chi connectivity index (χ1v) is 10.4. The van der Waals surface area contributed by atoms with Crippen molar-refractivity contribution in [2.45, 2.75) is 46.0 Å². The van der Waals surface area contributed by atoms with Gasteiger partial charge in [0.25, 0.3) is 5.78 Å². The van der Waals surface area contributed by atoms with Crippen LogP contribution in [-0.2, 0) is 25.7 Å². The van der Waals surface area contributed by atoms with E-state index in [-0.39, 0.29) is 0 Å². The highest BCUT2D eigenvalue weighted by atomic mass is 15.4. The average molecular weight is 383 g/mol. The summed E-state index contributed by atoms with van der Waals surface area (Å²) in [5, 5.41) is 8.42. The number of fused-ring (bicyclic) bond motifs is 2. The summed E-state index contributed by atoms with van der Waals surface area (Å²) in [7, 11) is 0. The lowest BCUT2D eigenvalue weighted by molar-refractivity contribution is 0.884. The lowest BCUT2D eigenvalue weighted by Crippen LogP contribution is -2.07. The molecular formula is C24H25N5. The largest absolute Gasteiger partial charge is 0.340 e. The molecule has 5 heteroatoms. The molecule has 0 unspecified atom stereocenters. The van der Waals surface area contributed by atoms with E-state index in [0.29, 0.717) is 12.2 Å². The van der Waals surface area contributed by atoms with Crippen LogP contribution in [-0.4, -0.2) is 19.6 Å². The van der Waals surface area contributed by atoms with E-state index in [9.17, 15) is 0 Å². The smallest absolute Gasteiger partial charge is 0.254 e. The third-order valence-corrected chi connectivity index (χ3v) is 5.66. The van der Waals surface area contributed by atoms with Crippen LogP contribution in [0.5, 0.6) is 0 Å². The van der Waals surface area contributed by atoms with Gasteiger partial charge in [-0.05, 0) is 55.9 Å². The van der Waals surface area contributed by atoms with E-state index in [4.69, 9.17) is 15.1 Å². The Labute approximate surface area is 170 Å². The van der Waals surface area contributed by atoms with Gasteiger partial charge in [-0.15, -0.1) is 5.10 Å². The molecule has 0 amide bonds. The molecule has 0 spiro atoms. The minimum absolute atomic E-state index is 0.681. The van der Waals surface area contributed by atoms with Crippen LogP contribution in [0.4, 0.5) is 11.5 Å². The van der Waals surface area contributed by atoms with Gasteiger partial charge in [0, 0.05) is 17.7 Å². The molecule has 0 saturated heterocycles. The second-order valence-corrected chi connectivity index (χ2v) is 7.82. The van der Waals surface area contributed by atoms with Crippen LogP contribution >= 0.6 is 0 Å². The first-order chi connectivity index (χ1) is 14.2. The molecule has 2 aromatic carbocycles. The summed E-state index contributed by atoms with van der Waals surface area (Å²) >= 11 is 0. The first kappa shape index (κ1) is 17.9. The van der Waals surface area contributed by atoms with Gasteiger partial charge in [-0.1, -0.05) is 48.9 Å². The third kappa shape index (κ3) is 3.48. The third-order valence-electron chi connectivity index (χ3n) is 5.66. The van der Waals surface area contributed by atoms with Gasteiger partial charge in [-0.2, -0.15) is 9.50 Å². The molecule has 2 heterocycles. The Kier molecular flexibility index (Phi) is 4.51. The van der Waals surface area contributed by atoms with Crippen molar-refractivity contribution in [1.29, 1.82) is 0 Å². The molecule has 5 rings (SSSR count). The predicted molar refractivity (Wildman–Crippen MR) is 116 cm³/mol. The number of rotatable bonds is 5. The average Bonchev–Trinajstić information content (AvgIpc) is 3.36. The van der Waals surface area contributed by atoms with Gasteiger partial charge in [0.15, 0.2) is 5.82 Å². The molecule has 1 N–H and O–H groups in total. The molecule has 5 nitrogen and oxygen atoms in total. The number of nitrogens with one attached hydrogen (secondary N) is 1. The molecule has 0 saturated carbocycles. The van der Waals surface area contributed by atoms with Crippen LogP contribution in [0.3, 0.4) is 0 Å². The van der Waals surface area contributed by atoms with E-state index in [1.165, 1.54) is 22.3 Å². The van der Waals surface area contributed by atoms with E-state index in [1.54, 1.807) is 0 Å². The number of aromatic nitrogens is 4. The van der Waals surface area contributed by atoms with E-state index in [0.717, 1.165) is 48.7 Å². The molecular weight excluding hydrogens is 358 g/mol. The first-order valence-electron chi connectivity index (χ1n) is 10.4. The zero-order valence-electron chi connectivity index (χ0n) is 16.9. The molecule has 29 heavy (non-hydrogen) atoms. The molecule has 146 valence electrons. The van der Waals surface area contributed by atoms with Gasteiger partial charge in [0.05, 0.1) is 5.69 Å². The highest BCUT2D eigenvalue weighted by molar-refractivity contribution is 5.64. The molecule has 0 aliphatic heterocycles. The van der Waals surface area contributed by atoms with E-state index in [2.05, 4.69) is 67.7 Å². The van der Waals surface area contributed by atoms with Gasteiger partial charge < -0.3 is 5.32 Å². The standard InChI is InChI=1S/C24H25N5/c1-3-17-11-13-19(14-12-17)25-23-20-5-4-6-21(20)26-24-27-22(28-29(23)24)15-18-9-7-16(2)8-10-18/h7-14,25H,3-6,15H2,1-2H3. The van der Waals surface area contributed by atoms with Crippen molar-refractivity contribution in [1.82, 2.24) is 19.6 Å². The topological polar surface area (TPSA) is 55.1 Å². The molecule has 1 aliphatic rings. The van der Waals surface area contributed by atoms with Crippen LogP contribution in [0.2, 0.25) is 0 Å². The molecule has 0 fully saturated rings.